The number of unbranched alkanes of at least 4 members (excludes halogenated alkanes) is 1. The number of hydrogen-bond acceptors (Lipinski definition) is 3. The number of aromatic nitrogens is 2. The van der Waals surface area contributed by atoms with Crippen LogP contribution in [0.3, 0.4) is 0 Å². The summed E-state index contributed by atoms with van der Waals surface area (Å²) in [6.07, 6.45) is 3.40. The lowest BCUT2D eigenvalue weighted by molar-refractivity contribution is 0.598. The minimum Gasteiger partial charge on any atom is -0.284 e. The Morgan fingerprint density at radius 2 is 1.90 bits per heavy atom. The zero-order chi connectivity index (χ0) is 14.6. The van der Waals surface area contributed by atoms with Crippen LogP contribution in [-0.4, -0.2) is 24.0 Å². The third-order valence-corrected chi connectivity index (χ3v) is 4.27. The van der Waals surface area contributed by atoms with Crippen LogP contribution < -0.4 is 4.72 Å². The van der Waals surface area contributed by atoms with Gasteiger partial charge < -0.3 is 0 Å². The van der Waals surface area contributed by atoms with Gasteiger partial charge in [-0.2, -0.15) is 5.10 Å². The molecule has 1 N–H and O–H groups in total. The van der Waals surface area contributed by atoms with E-state index < -0.39 is 10.0 Å². The molecule has 108 valence electrons. The van der Waals surface area contributed by atoms with E-state index in [-0.39, 0.29) is 5.75 Å². The minimum atomic E-state index is -3.24. The second kappa shape index (κ2) is 6.09. The smallest absolute Gasteiger partial charge is 0.232 e. The molecule has 0 saturated heterocycles. The van der Waals surface area contributed by atoms with Crippen LogP contribution in [0.5, 0.6) is 0 Å². The Morgan fingerprint density at radius 3 is 2.45 bits per heavy atom. The fraction of sp³-hybridized carbons (Fsp3) is 0.357. The molecule has 1 aromatic heterocycles. The molecule has 0 aliphatic rings. The maximum absolute atomic E-state index is 11.8. The highest BCUT2D eigenvalue weighted by Gasteiger charge is 2.09. The van der Waals surface area contributed by atoms with Gasteiger partial charge in [-0.3, -0.25) is 4.72 Å². The SMILES string of the molecule is CCCCS(=O)(=O)Nc1ccc(-n2ccc(C)n2)cc1. The summed E-state index contributed by atoms with van der Waals surface area (Å²) in [7, 11) is -3.24. The molecule has 2 rings (SSSR count). The summed E-state index contributed by atoms with van der Waals surface area (Å²) in [5.41, 5.74) is 2.41. The van der Waals surface area contributed by atoms with Gasteiger partial charge in [-0.15, -0.1) is 0 Å². The summed E-state index contributed by atoms with van der Waals surface area (Å²) in [6.45, 7) is 3.89. The lowest BCUT2D eigenvalue weighted by atomic mass is 10.3. The number of hydrogen-bond donors (Lipinski definition) is 1. The summed E-state index contributed by atoms with van der Waals surface area (Å²) in [5, 5.41) is 4.30. The first-order valence-corrected chi connectivity index (χ1v) is 8.28. The maximum atomic E-state index is 11.8. The topological polar surface area (TPSA) is 64.0 Å². The molecule has 0 saturated carbocycles. The standard InChI is InChI=1S/C14H19N3O2S/c1-3-4-11-20(18,19)16-13-5-7-14(8-6-13)17-10-9-12(2)15-17/h5-10,16H,3-4,11H2,1-2H3. The van der Waals surface area contributed by atoms with Crippen LogP contribution >= 0.6 is 0 Å². The van der Waals surface area contributed by atoms with Crippen molar-refractivity contribution in [1.82, 2.24) is 9.78 Å². The first kappa shape index (κ1) is 14.6. The predicted octanol–water partition coefficient (Wildman–Crippen LogP) is 2.72. The highest BCUT2D eigenvalue weighted by molar-refractivity contribution is 7.92. The van der Waals surface area contributed by atoms with E-state index in [1.807, 2.05) is 38.2 Å². The van der Waals surface area contributed by atoms with Gasteiger partial charge in [0.1, 0.15) is 0 Å². The van der Waals surface area contributed by atoms with Gasteiger partial charge in [-0.25, -0.2) is 13.1 Å². The fourth-order valence-electron chi connectivity index (χ4n) is 1.81. The van der Waals surface area contributed by atoms with Crippen LogP contribution in [-0.2, 0) is 10.0 Å². The van der Waals surface area contributed by atoms with Crippen molar-refractivity contribution in [1.29, 1.82) is 0 Å². The molecule has 20 heavy (non-hydrogen) atoms. The molecule has 0 spiro atoms. The van der Waals surface area contributed by atoms with Crippen LogP contribution in [0.1, 0.15) is 25.5 Å². The molecular formula is C14H19N3O2S. The van der Waals surface area contributed by atoms with Gasteiger partial charge in [-0.1, -0.05) is 13.3 Å². The van der Waals surface area contributed by atoms with Gasteiger partial charge in [0.05, 0.1) is 17.1 Å². The molecule has 5 nitrogen and oxygen atoms in total. The second-order valence-electron chi connectivity index (χ2n) is 4.72. The van der Waals surface area contributed by atoms with Crippen molar-refractivity contribution in [2.24, 2.45) is 0 Å². The summed E-state index contributed by atoms with van der Waals surface area (Å²) in [4.78, 5) is 0. The molecular weight excluding hydrogens is 274 g/mol. The van der Waals surface area contributed by atoms with Crippen molar-refractivity contribution in [2.45, 2.75) is 26.7 Å². The van der Waals surface area contributed by atoms with Crippen molar-refractivity contribution < 1.29 is 8.42 Å². The normalized spacial score (nSPS) is 11.5. The Morgan fingerprint density at radius 1 is 1.20 bits per heavy atom. The van der Waals surface area contributed by atoms with Gasteiger partial charge >= 0.3 is 0 Å². The van der Waals surface area contributed by atoms with E-state index in [1.54, 1.807) is 16.8 Å². The highest BCUT2D eigenvalue weighted by Crippen LogP contribution is 2.14. The van der Waals surface area contributed by atoms with Gasteiger partial charge in [0.2, 0.25) is 10.0 Å². The van der Waals surface area contributed by atoms with Crippen LogP contribution in [0.25, 0.3) is 5.69 Å². The summed E-state index contributed by atoms with van der Waals surface area (Å²) >= 11 is 0. The molecule has 0 bridgehead atoms. The summed E-state index contributed by atoms with van der Waals surface area (Å²) < 4.78 is 27.9. The van der Waals surface area contributed by atoms with Gasteiger partial charge in [0.25, 0.3) is 0 Å². The van der Waals surface area contributed by atoms with Gasteiger partial charge in [0, 0.05) is 11.9 Å². The molecule has 0 aliphatic heterocycles. The number of nitrogens with one attached hydrogen (secondary N) is 1. The second-order valence-corrected chi connectivity index (χ2v) is 6.56. The molecule has 2 aromatic rings. The lowest BCUT2D eigenvalue weighted by Gasteiger charge is -2.08. The third kappa shape index (κ3) is 3.84. The van der Waals surface area contributed by atoms with E-state index >= 15 is 0 Å². The Hall–Kier alpha value is -1.82. The lowest BCUT2D eigenvalue weighted by Crippen LogP contribution is -2.16. The number of nitrogens with zero attached hydrogens (tertiary/aromatic N) is 2. The first-order valence-electron chi connectivity index (χ1n) is 6.63. The Balaban J connectivity index is 2.09. The Labute approximate surface area is 119 Å². The Bertz CT molecular complexity index is 660. The van der Waals surface area contributed by atoms with Crippen LogP contribution in [0.2, 0.25) is 0 Å². The van der Waals surface area contributed by atoms with E-state index in [2.05, 4.69) is 9.82 Å². The van der Waals surface area contributed by atoms with Crippen molar-refractivity contribution in [2.75, 3.05) is 10.5 Å². The first-order chi connectivity index (χ1) is 9.50. The molecule has 0 unspecified atom stereocenters. The van der Waals surface area contributed by atoms with Crippen molar-refractivity contribution in [3.05, 3.63) is 42.2 Å². The average Bonchev–Trinajstić information content (AvgIpc) is 2.84. The summed E-state index contributed by atoms with van der Waals surface area (Å²) in [6, 6.07) is 9.08. The van der Waals surface area contributed by atoms with E-state index in [0.717, 1.165) is 17.8 Å². The average molecular weight is 293 g/mol. The number of anilines is 1. The molecule has 1 aromatic carbocycles. The third-order valence-electron chi connectivity index (χ3n) is 2.89. The predicted molar refractivity (Wildman–Crippen MR) is 80.6 cm³/mol. The van der Waals surface area contributed by atoms with E-state index in [9.17, 15) is 8.42 Å². The van der Waals surface area contributed by atoms with Crippen molar-refractivity contribution in [3.63, 3.8) is 0 Å². The molecule has 0 radical (unpaired) electrons. The van der Waals surface area contributed by atoms with Gasteiger partial charge in [-0.05, 0) is 43.7 Å². The number of benzene rings is 1. The maximum Gasteiger partial charge on any atom is 0.232 e. The molecule has 0 atom stereocenters. The van der Waals surface area contributed by atoms with Crippen LogP contribution in [0, 0.1) is 6.92 Å². The van der Waals surface area contributed by atoms with E-state index in [4.69, 9.17) is 0 Å². The summed E-state index contributed by atoms with van der Waals surface area (Å²) in [5.74, 6) is 0.156. The highest BCUT2D eigenvalue weighted by atomic mass is 32.2. The number of aryl methyl sites for hydroxylation is 1. The number of sulfonamides is 1. The molecule has 0 amide bonds. The number of rotatable bonds is 6. The van der Waals surface area contributed by atoms with Crippen molar-refractivity contribution >= 4 is 15.7 Å². The van der Waals surface area contributed by atoms with Crippen LogP contribution in [0.15, 0.2) is 36.5 Å². The van der Waals surface area contributed by atoms with E-state index in [1.165, 1.54) is 0 Å². The van der Waals surface area contributed by atoms with Crippen LogP contribution in [0.4, 0.5) is 5.69 Å². The quantitative estimate of drug-likeness (QED) is 0.890. The fourth-order valence-corrected chi connectivity index (χ4v) is 3.07. The molecule has 0 fully saturated rings. The van der Waals surface area contributed by atoms with Gasteiger partial charge in [0.15, 0.2) is 0 Å². The molecule has 6 heteroatoms. The van der Waals surface area contributed by atoms with E-state index in [0.29, 0.717) is 12.1 Å². The Kier molecular flexibility index (Phi) is 4.44. The largest absolute Gasteiger partial charge is 0.284 e. The molecule has 1 heterocycles. The van der Waals surface area contributed by atoms with Crippen molar-refractivity contribution in [3.8, 4) is 5.69 Å². The monoisotopic (exact) mass is 293 g/mol. The zero-order valence-corrected chi connectivity index (χ0v) is 12.5. The molecule has 0 aliphatic carbocycles. The minimum absolute atomic E-state index is 0.156. The zero-order valence-electron chi connectivity index (χ0n) is 11.7.